The van der Waals surface area contributed by atoms with Crippen molar-refractivity contribution in [1.82, 2.24) is 10.4 Å². The van der Waals surface area contributed by atoms with Crippen LogP contribution in [0.4, 0.5) is 4.39 Å². The van der Waals surface area contributed by atoms with Gasteiger partial charge in [0, 0.05) is 31.0 Å². The van der Waals surface area contributed by atoms with Crippen molar-refractivity contribution in [2.45, 2.75) is 30.8 Å². The van der Waals surface area contributed by atoms with Crippen LogP contribution in [0.25, 0.3) is 0 Å². The largest absolute Gasteiger partial charge is 0.748 e. The maximum absolute atomic E-state index is 15.4. The van der Waals surface area contributed by atoms with Gasteiger partial charge in [-0.05, 0) is 29.8 Å². The number of hydroxylamine groups is 1. The minimum Gasteiger partial charge on any atom is -0.748 e. The Hall–Kier alpha value is 0.200. The van der Waals surface area contributed by atoms with Gasteiger partial charge < -0.3 is 9.45 Å². The summed E-state index contributed by atoms with van der Waals surface area (Å²) in [7, 11) is -8.12. The van der Waals surface area contributed by atoms with E-state index in [1.165, 1.54) is 28.1 Å². The van der Waals surface area contributed by atoms with E-state index < -0.39 is 42.8 Å². The lowest BCUT2D eigenvalue weighted by Gasteiger charge is -2.22. The van der Waals surface area contributed by atoms with Crippen molar-refractivity contribution in [1.29, 1.82) is 0 Å². The van der Waals surface area contributed by atoms with Crippen LogP contribution in [0.5, 0.6) is 0 Å². The van der Waals surface area contributed by atoms with Crippen molar-refractivity contribution in [3.8, 4) is 0 Å². The first-order valence-electron chi connectivity index (χ1n) is 9.37. The lowest BCUT2D eigenvalue weighted by molar-refractivity contribution is -0.534. The van der Waals surface area contributed by atoms with Crippen LogP contribution in [-0.2, 0) is 24.5 Å². The molecule has 0 aromatic rings. The van der Waals surface area contributed by atoms with Crippen molar-refractivity contribution in [2.24, 2.45) is 0 Å². The van der Waals surface area contributed by atoms with Crippen LogP contribution in [0.1, 0.15) is 19.8 Å². The number of rotatable bonds is 12. The van der Waals surface area contributed by atoms with E-state index in [0.29, 0.717) is 18.1 Å². The summed E-state index contributed by atoms with van der Waals surface area (Å²) >= 11 is 15.0. The van der Waals surface area contributed by atoms with Crippen LogP contribution in [0.2, 0.25) is 0 Å². The van der Waals surface area contributed by atoms with Crippen molar-refractivity contribution < 1.29 is 34.6 Å². The zero-order chi connectivity index (χ0) is 23.2. The molecule has 16 heteroatoms. The average molecular weight is 561 g/mol. The number of hydrogen-bond acceptors (Lipinski definition) is 10. The minimum absolute atomic E-state index is 0.0281. The second kappa shape index (κ2) is 12.1. The van der Waals surface area contributed by atoms with E-state index in [-0.39, 0.29) is 41.8 Å². The second-order valence-corrected chi connectivity index (χ2v) is 12.9. The highest BCUT2D eigenvalue weighted by Crippen LogP contribution is 2.40. The topological polar surface area (TPSA) is 119 Å². The lowest BCUT2D eigenvalue weighted by atomic mass is 10.4. The van der Waals surface area contributed by atoms with Gasteiger partial charge in [-0.15, -0.1) is 11.8 Å². The predicted octanol–water partition coefficient (Wildman–Crippen LogP) is 1.66. The molecule has 0 aliphatic carbocycles. The third-order valence-corrected chi connectivity index (χ3v) is 9.64. The summed E-state index contributed by atoms with van der Waals surface area (Å²) in [6, 6.07) is 0. The van der Waals surface area contributed by atoms with Gasteiger partial charge >= 0.3 is 0 Å². The predicted molar refractivity (Wildman–Crippen MR) is 122 cm³/mol. The summed E-state index contributed by atoms with van der Waals surface area (Å²) in [6.07, 6.45) is 0.209. The van der Waals surface area contributed by atoms with E-state index in [1.54, 1.807) is 11.8 Å². The molecule has 31 heavy (non-hydrogen) atoms. The first kappa shape index (κ1) is 27.4. The van der Waals surface area contributed by atoms with Crippen molar-refractivity contribution in [2.75, 3.05) is 42.6 Å². The Balaban J connectivity index is 2.13. The molecule has 2 aliphatic rings. The lowest BCUT2D eigenvalue weighted by Crippen LogP contribution is -2.30. The molecular weight excluding hydrogens is 536 g/mol. The zero-order valence-electron chi connectivity index (χ0n) is 16.6. The van der Waals surface area contributed by atoms with Gasteiger partial charge in [0.2, 0.25) is 11.3 Å². The van der Waals surface area contributed by atoms with Gasteiger partial charge in [0.25, 0.3) is 15.2 Å². The minimum atomic E-state index is -4.37. The van der Waals surface area contributed by atoms with Gasteiger partial charge in [-0.3, -0.25) is 0 Å². The quantitative estimate of drug-likeness (QED) is 0.124. The maximum Gasteiger partial charge on any atom is 0.283 e. The molecule has 0 saturated carbocycles. The second-order valence-electron chi connectivity index (χ2n) is 6.61. The van der Waals surface area contributed by atoms with E-state index in [9.17, 15) is 21.4 Å². The zero-order valence-corrected chi connectivity index (χ0v) is 21.4. The van der Waals surface area contributed by atoms with Crippen LogP contribution in [0, 0.1) is 0 Å². The molecule has 1 fully saturated rings. The normalized spacial score (nSPS) is 24.4. The fraction of sp³-hybridized carbons (Fsp3) is 0.800. The van der Waals surface area contributed by atoms with E-state index in [1.807, 2.05) is 0 Å². The molecule has 0 radical (unpaired) electrons. The third kappa shape index (κ3) is 8.49. The van der Waals surface area contributed by atoms with E-state index in [2.05, 4.69) is 9.76 Å². The monoisotopic (exact) mass is 559 g/mol. The number of halogens is 3. The molecule has 0 bridgehead atoms. The number of alkyl halides is 2. The fourth-order valence-electron chi connectivity index (χ4n) is 2.86. The smallest absolute Gasteiger partial charge is 0.283 e. The standard InChI is InChI=1S/C15H24Cl2FN3O6S4/c1-2-19-27-31(25,26)8-4-6-21-12(17)10-29-15(21)13(18)14-20(11(16)9-28-14)5-3-7-30(22,23)24/h11-12,19H,2-10H2,1H3. The molecule has 0 aromatic carbocycles. The van der Waals surface area contributed by atoms with E-state index >= 15 is 4.39 Å². The van der Waals surface area contributed by atoms with Crippen LogP contribution >= 0.6 is 46.7 Å². The van der Waals surface area contributed by atoms with Gasteiger partial charge in [0.1, 0.15) is 17.1 Å². The first-order chi connectivity index (χ1) is 14.4. The molecule has 0 aromatic heterocycles. The number of hydrogen-bond donors (Lipinski definition) is 1. The van der Waals surface area contributed by atoms with Crippen LogP contribution in [-0.4, -0.2) is 89.6 Å². The molecule has 9 nitrogen and oxygen atoms in total. The van der Waals surface area contributed by atoms with Crippen LogP contribution < -0.4 is 5.48 Å². The Morgan fingerprint density at radius 3 is 2.61 bits per heavy atom. The highest BCUT2D eigenvalue weighted by molar-refractivity contribution is 8.14. The summed E-state index contributed by atoms with van der Waals surface area (Å²) in [5, 5.41) is 0.532. The summed E-state index contributed by atoms with van der Waals surface area (Å²) in [6.45, 7) is 2.35. The highest BCUT2D eigenvalue weighted by atomic mass is 35.5. The van der Waals surface area contributed by atoms with Crippen molar-refractivity contribution in [3.05, 3.63) is 10.9 Å². The Kier molecular flexibility index (Phi) is 10.7. The summed E-state index contributed by atoms with van der Waals surface area (Å²) in [5.74, 6) is -0.543. The van der Waals surface area contributed by atoms with E-state index in [0.717, 1.165) is 0 Å². The Bertz CT molecular complexity index is 916. The number of nitrogens with one attached hydrogen (secondary N) is 1. The number of nitrogens with zero attached hydrogens (tertiary/aromatic N) is 2. The first-order valence-corrected chi connectivity index (χ1v) is 15.4. The van der Waals surface area contributed by atoms with Gasteiger partial charge in [0.05, 0.1) is 21.6 Å². The van der Waals surface area contributed by atoms with Gasteiger partial charge in [-0.1, -0.05) is 18.5 Å². The molecule has 2 heterocycles. The fourth-order valence-corrected chi connectivity index (χ4v) is 7.32. The molecule has 0 amide bonds. The average Bonchev–Trinajstić information content (AvgIpc) is 3.22. The van der Waals surface area contributed by atoms with Crippen molar-refractivity contribution >= 4 is 72.0 Å². The molecular formula is C15H24Cl2FN3O6S4. The SMILES string of the molecule is CCNOS(=O)(=O)CCCN1C(=C(F)C2=[N+](CCCS(=O)(=O)[O-])C(Cl)CS2)SCC1Cl. The van der Waals surface area contributed by atoms with Gasteiger partial charge in [0.15, 0.2) is 0 Å². The number of thioether (sulfide) groups is 2. The molecule has 180 valence electrons. The molecule has 2 aliphatic heterocycles. The summed E-state index contributed by atoms with van der Waals surface area (Å²) < 4.78 is 77.7. The Morgan fingerprint density at radius 2 is 1.97 bits per heavy atom. The summed E-state index contributed by atoms with van der Waals surface area (Å²) in [4.78, 5) is 1.60. The Morgan fingerprint density at radius 1 is 1.26 bits per heavy atom. The van der Waals surface area contributed by atoms with Crippen LogP contribution in [0.3, 0.4) is 0 Å². The molecule has 0 spiro atoms. The van der Waals surface area contributed by atoms with Crippen LogP contribution in [0.15, 0.2) is 10.9 Å². The van der Waals surface area contributed by atoms with Gasteiger partial charge in [-0.2, -0.15) is 22.6 Å². The molecule has 1 saturated heterocycles. The molecule has 2 rings (SSSR count). The highest BCUT2D eigenvalue weighted by Gasteiger charge is 2.39. The third-order valence-electron chi connectivity index (χ3n) is 4.21. The van der Waals surface area contributed by atoms with Crippen molar-refractivity contribution in [3.63, 3.8) is 0 Å². The molecule has 2 unspecified atom stereocenters. The Labute approximate surface area is 200 Å². The summed E-state index contributed by atoms with van der Waals surface area (Å²) in [5.41, 5.74) is 1.24. The maximum atomic E-state index is 15.4. The molecule has 1 N–H and O–H groups in total. The van der Waals surface area contributed by atoms with Gasteiger partial charge in [-0.25, -0.2) is 13.0 Å². The van der Waals surface area contributed by atoms with E-state index in [4.69, 9.17) is 23.2 Å². The molecule has 2 atom stereocenters.